The number of Topliss-reactive ketones (excluding diaryl/α,β-unsaturated/α-hetero) is 1. The molecule has 0 aliphatic heterocycles. The molecule has 0 N–H and O–H groups in total. The molecule has 0 atom stereocenters. The minimum absolute atomic E-state index is 0.0662. The second-order valence-corrected chi connectivity index (χ2v) is 4.23. The molecule has 1 saturated carbocycles. The van der Waals surface area contributed by atoms with Crippen molar-refractivity contribution in [2.45, 2.75) is 25.8 Å². The first-order valence-corrected chi connectivity index (χ1v) is 5.35. The summed E-state index contributed by atoms with van der Waals surface area (Å²) in [6, 6.07) is 4.85. The van der Waals surface area contributed by atoms with Gasteiger partial charge >= 0.3 is 0 Å². The van der Waals surface area contributed by atoms with Crippen LogP contribution in [0.4, 0.5) is 4.39 Å². The van der Waals surface area contributed by atoms with Gasteiger partial charge in [-0.1, -0.05) is 0 Å². The van der Waals surface area contributed by atoms with Crippen LogP contribution < -0.4 is 0 Å². The van der Waals surface area contributed by atoms with Gasteiger partial charge in [0.25, 0.3) is 0 Å². The Hall–Kier alpha value is -1.71. The third-order valence-electron chi connectivity index (χ3n) is 2.88. The van der Waals surface area contributed by atoms with Crippen molar-refractivity contribution in [1.82, 2.24) is 9.55 Å². The molecule has 4 heteroatoms. The van der Waals surface area contributed by atoms with Crippen LogP contribution in [0.3, 0.4) is 0 Å². The van der Waals surface area contributed by atoms with Crippen molar-refractivity contribution in [3.8, 4) is 0 Å². The highest BCUT2D eigenvalue weighted by Gasteiger charge is 2.29. The van der Waals surface area contributed by atoms with E-state index in [1.165, 1.54) is 19.1 Å². The Balaban J connectivity index is 2.32. The Morgan fingerprint density at radius 2 is 2.25 bits per heavy atom. The minimum atomic E-state index is -0.317. The van der Waals surface area contributed by atoms with Crippen molar-refractivity contribution < 1.29 is 9.18 Å². The van der Waals surface area contributed by atoms with E-state index in [0.29, 0.717) is 17.4 Å². The van der Waals surface area contributed by atoms with Crippen molar-refractivity contribution in [1.29, 1.82) is 0 Å². The molecule has 0 saturated heterocycles. The molecular formula is C12H11FN2O. The topological polar surface area (TPSA) is 34.9 Å². The van der Waals surface area contributed by atoms with E-state index in [0.717, 1.165) is 18.4 Å². The van der Waals surface area contributed by atoms with Crippen LogP contribution in [0.15, 0.2) is 18.2 Å². The Morgan fingerprint density at radius 1 is 1.50 bits per heavy atom. The number of rotatable bonds is 2. The fourth-order valence-corrected chi connectivity index (χ4v) is 2.02. The summed E-state index contributed by atoms with van der Waals surface area (Å²) in [4.78, 5) is 15.7. The van der Waals surface area contributed by atoms with Crippen molar-refractivity contribution in [2.75, 3.05) is 0 Å². The summed E-state index contributed by atoms with van der Waals surface area (Å²) in [6.45, 7) is 1.50. The first-order valence-electron chi connectivity index (χ1n) is 5.35. The Bertz CT molecular complexity index is 584. The van der Waals surface area contributed by atoms with Crippen molar-refractivity contribution >= 4 is 16.8 Å². The number of ketones is 1. The second kappa shape index (κ2) is 3.14. The van der Waals surface area contributed by atoms with Crippen LogP contribution in [-0.4, -0.2) is 15.3 Å². The van der Waals surface area contributed by atoms with Crippen LogP contribution in [-0.2, 0) is 0 Å². The largest absolute Gasteiger partial charge is 0.318 e. The lowest BCUT2D eigenvalue weighted by molar-refractivity contribution is 0.1000. The van der Waals surface area contributed by atoms with Gasteiger partial charge in [-0.2, -0.15) is 0 Å². The van der Waals surface area contributed by atoms with E-state index in [2.05, 4.69) is 4.98 Å². The summed E-state index contributed by atoms with van der Waals surface area (Å²) in [5.41, 5.74) is 1.42. The Labute approximate surface area is 91.9 Å². The van der Waals surface area contributed by atoms with Crippen LogP contribution in [0.25, 0.3) is 11.0 Å². The molecule has 0 bridgehead atoms. The molecule has 1 heterocycles. The lowest BCUT2D eigenvalue weighted by Crippen LogP contribution is -2.05. The van der Waals surface area contributed by atoms with Gasteiger partial charge < -0.3 is 4.57 Å². The maximum atomic E-state index is 13.1. The van der Waals surface area contributed by atoms with E-state index in [1.807, 2.05) is 4.57 Å². The zero-order chi connectivity index (χ0) is 11.3. The van der Waals surface area contributed by atoms with E-state index in [-0.39, 0.29) is 11.6 Å². The van der Waals surface area contributed by atoms with E-state index >= 15 is 0 Å². The molecule has 1 aromatic carbocycles. The number of fused-ring (bicyclic) bond motifs is 1. The molecule has 16 heavy (non-hydrogen) atoms. The van der Waals surface area contributed by atoms with Gasteiger partial charge in [-0.15, -0.1) is 0 Å². The number of benzene rings is 1. The average Bonchev–Trinajstić information content (AvgIpc) is 2.99. The van der Waals surface area contributed by atoms with Gasteiger partial charge in [0.15, 0.2) is 11.6 Å². The Morgan fingerprint density at radius 3 is 2.88 bits per heavy atom. The number of imidazole rings is 1. The summed E-state index contributed by atoms with van der Waals surface area (Å²) in [7, 11) is 0. The first kappa shape index (κ1) is 9.51. The standard InChI is InChI=1S/C12H11FN2O/c1-7(16)12-14-10-6-8(13)2-5-11(10)15(12)9-3-4-9/h2,5-6,9H,3-4H2,1H3. The first-order chi connectivity index (χ1) is 7.66. The number of hydrogen-bond acceptors (Lipinski definition) is 2. The molecule has 0 unspecified atom stereocenters. The summed E-state index contributed by atoms with van der Waals surface area (Å²) < 4.78 is 15.0. The number of aromatic nitrogens is 2. The molecule has 1 fully saturated rings. The molecular weight excluding hydrogens is 207 g/mol. The smallest absolute Gasteiger partial charge is 0.195 e. The SMILES string of the molecule is CC(=O)c1nc2cc(F)ccc2n1C1CC1. The third-order valence-corrected chi connectivity index (χ3v) is 2.88. The molecule has 1 aliphatic carbocycles. The van der Waals surface area contributed by atoms with Gasteiger partial charge in [-0.3, -0.25) is 4.79 Å². The van der Waals surface area contributed by atoms with Crippen LogP contribution in [0, 0.1) is 5.82 Å². The highest BCUT2D eigenvalue weighted by molar-refractivity contribution is 5.94. The maximum Gasteiger partial charge on any atom is 0.195 e. The van der Waals surface area contributed by atoms with Gasteiger partial charge in [-0.05, 0) is 25.0 Å². The molecule has 1 aliphatic rings. The van der Waals surface area contributed by atoms with Gasteiger partial charge in [0.05, 0.1) is 11.0 Å². The molecule has 82 valence electrons. The number of nitrogens with zero attached hydrogens (tertiary/aromatic N) is 2. The minimum Gasteiger partial charge on any atom is -0.318 e. The molecule has 3 rings (SSSR count). The maximum absolute atomic E-state index is 13.1. The van der Waals surface area contributed by atoms with E-state index in [1.54, 1.807) is 6.07 Å². The van der Waals surface area contributed by atoms with Gasteiger partial charge in [0, 0.05) is 19.0 Å². The van der Waals surface area contributed by atoms with Crippen molar-refractivity contribution in [2.24, 2.45) is 0 Å². The molecule has 0 spiro atoms. The lowest BCUT2D eigenvalue weighted by Gasteiger charge is -2.04. The summed E-state index contributed by atoms with van der Waals surface area (Å²) in [5.74, 6) is 0.0645. The zero-order valence-corrected chi connectivity index (χ0v) is 8.90. The van der Waals surface area contributed by atoms with E-state index in [9.17, 15) is 9.18 Å². The highest BCUT2D eigenvalue weighted by atomic mass is 19.1. The number of carbonyl (C=O) groups is 1. The normalized spacial score (nSPS) is 15.6. The quantitative estimate of drug-likeness (QED) is 0.726. The molecule has 0 radical (unpaired) electrons. The molecule has 0 amide bonds. The predicted octanol–water partition coefficient (Wildman–Crippen LogP) is 2.71. The van der Waals surface area contributed by atoms with Crippen molar-refractivity contribution in [3.63, 3.8) is 0 Å². The fourth-order valence-electron chi connectivity index (χ4n) is 2.02. The van der Waals surface area contributed by atoms with Gasteiger partial charge in [-0.25, -0.2) is 9.37 Å². The van der Waals surface area contributed by atoms with Gasteiger partial charge in [0.1, 0.15) is 5.82 Å². The van der Waals surface area contributed by atoms with E-state index in [4.69, 9.17) is 0 Å². The highest BCUT2D eigenvalue weighted by Crippen LogP contribution is 2.38. The second-order valence-electron chi connectivity index (χ2n) is 4.23. The van der Waals surface area contributed by atoms with Gasteiger partial charge in [0.2, 0.25) is 0 Å². The fraction of sp³-hybridized carbons (Fsp3) is 0.333. The molecule has 1 aromatic heterocycles. The van der Waals surface area contributed by atoms with Crippen LogP contribution in [0.2, 0.25) is 0 Å². The third kappa shape index (κ3) is 1.33. The van der Waals surface area contributed by atoms with Crippen LogP contribution in [0.1, 0.15) is 36.4 Å². The Kier molecular flexibility index (Phi) is 1.87. The number of halogens is 1. The number of hydrogen-bond donors (Lipinski definition) is 0. The molecule has 3 nitrogen and oxygen atoms in total. The average molecular weight is 218 g/mol. The van der Waals surface area contributed by atoms with Crippen LogP contribution >= 0.6 is 0 Å². The molecule has 2 aromatic rings. The lowest BCUT2D eigenvalue weighted by atomic mass is 10.3. The van der Waals surface area contributed by atoms with Crippen molar-refractivity contribution in [3.05, 3.63) is 29.8 Å². The number of carbonyl (C=O) groups excluding carboxylic acids is 1. The zero-order valence-electron chi connectivity index (χ0n) is 8.90. The van der Waals surface area contributed by atoms with E-state index < -0.39 is 0 Å². The summed E-state index contributed by atoms with van der Waals surface area (Å²) >= 11 is 0. The monoisotopic (exact) mass is 218 g/mol. The van der Waals surface area contributed by atoms with Crippen LogP contribution in [0.5, 0.6) is 0 Å². The predicted molar refractivity (Wildman–Crippen MR) is 58.0 cm³/mol. The summed E-state index contributed by atoms with van der Waals surface area (Å²) in [6.07, 6.45) is 2.15. The summed E-state index contributed by atoms with van der Waals surface area (Å²) in [5, 5.41) is 0.